The summed E-state index contributed by atoms with van der Waals surface area (Å²) in [6, 6.07) is 0. The zero-order chi connectivity index (χ0) is 26.7. The lowest BCUT2D eigenvalue weighted by Crippen LogP contribution is -2.34. The minimum atomic E-state index is -2.97. The fourth-order valence-corrected chi connectivity index (χ4v) is 3.78. The molecule has 0 radical (unpaired) electrons. The minimum Gasteiger partial charge on any atom is -0.444 e. The van der Waals surface area contributed by atoms with Gasteiger partial charge in [0.2, 0.25) is 0 Å². The Hall–Kier alpha value is -1.39. The number of carbonyl (C=O) groups excluding carboxylic acids is 2. The van der Waals surface area contributed by atoms with Crippen molar-refractivity contribution in [1.29, 1.82) is 0 Å². The summed E-state index contributed by atoms with van der Waals surface area (Å²) < 4.78 is 32.7. The van der Waals surface area contributed by atoms with E-state index in [1.54, 1.807) is 13.8 Å². The van der Waals surface area contributed by atoms with Crippen LogP contribution in [-0.4, -0.2) is 75.5 Å². The zero-order valence-electron chi connectivity index (χ0n) is 22.5. The normalized spacial score (nSPS) is 11.8. The summed E-state index contributed by atoms with van der Waals surface area (Å²) in [4.78, 5) is 22.4. The highest BCUT2D eigenvalue weighted by atomic mass is 31.2. The molecule has 0 aromatic carbocycles. The van der Waals surface area contributed by atoms with E-state index in [0.29, 0.717) is 52.1 Å². The smallest absolute Gasteiger partial charge is 0.407 e. The average molecular weight is 513 g/mol. The van der Waals surface area contributed by atoms with Crippen LogP contribution in [0.4, 0.5) is 9.59 Å². The van der Waals surface area contributed by atoms with Crippen molar-refractivity contribution >= 4 is 19.8 Å². The van der Waals surface area contributed by atoms with E-state index in [1.807, 2.05) is 41.5 Å². The molecule has 11 nitrogen and oxygen atoms in total. The second kappa shape index (κ2) is 18.9. The van der Waals surface area contributed by atoms with E-state index >= 15 is 0 Å². The predicted octanol–water partition coefficient (Wildman–Crippen LogP) is 3.62. The largest absolute Gasteiger partial charge is 0.444 e. The molecule has 0 saturated carbocycles. The summed E-state index contributed by atoms with van der Waals surface area (Å²) in [6.07, 6.45) is 1.08. The molecule has 0 unspecified atom stereocenters. The summed E-state index contributed by atoms with van der Waals surface area (Å²) in [5.74, 6) is 0. The van der Waals surface area contributed by atoms with E-state index in [9.17, 15) is 14.2 Å². The SMILES string of the molecule is CC(C)(C)OC(=O)NCCCN.CCOP(=O)(CCNCCCNC(=O)OC(C)(C)C)OCC. The van der Waals surface area contributed by atoms with Gasteiger partial charge in [0.05, 0.1) is 19.4 Å². The van der Waals surface area contributed by atoms with Crippen molar-refractivity contribution in [2.45, 2.75) is 79.4 Å². The molecule has 5 N–H and O–H groups in total. The molecule has 0 saturated heterocycles. The van der Waals surface area contributed by atoms with Gasteiger partial charge in [0.15, 0.2) is 0 Å². The minimum absolute atomic E-state index is 0.341. The average Bonchev–Trinajstić information content (AvgIpc) is 2.65. The number of carbonyl (C=O) groups is 2. The Morgan fingerprint density at radius 1 is 0.765 bits per heavy atom. The van der Waals surface area contributed by atoms with Gasteiger partial charge in [0.25, 0.3) is 0 Å². The van der Waals surface area contributed by atoms with Crippen LogP contribution < -0.4 is 21.7 Å². The molecule has 34 heavy (non-hydrogen) atoms. The van der Waals surface area contributed by atoms with Crippen molar-refractivity contribution in [3.63, 3.8) is 0 Å². The number of ether oxygens (including phenoxy) is 2. The van der Waals surface area contributed by atoms with Crippen LogP contribution in [0, 0.1) is 0 Å². The third-order valence-electron chi connectivity index (χ3n) is 3.46. The number of amides is 2. The molecular formula is C22H49N4O7P. The highest BCUT2D eigenvalue weighted by Crippen LogP contribution is 2.47. The van der Waals surface area contributed by atoms with Crippen LogP contribution in [0.3, 0.4) is 0 Å². The Morgan fingerprint density at radius 2 is 1.21 bits per heavy atom. The number of nitrogens with one attached hydrogen (secondary N) is 3. The van der Waals surface area contributed by atoms with Gasteiger partial charge >= 0.3 is 19.8 Å². The van der Waals surface area contributed by atoms with Gasteiger partial charge in [0, 0.05) is 19.6 Å². The molecule has 0 aliphatic rings. The maximum Gasteiger partial charge on any atom is 0.407 e. The number of hydrogen-bond donors (Lipinski definition) is 4. The molecule has 12 heteroatoms. The molecule has 0 heterocycles. The molecule has 0 atom stereocenters. The van der Waals surface area contributed by atoms with Crippen molar-refractivity contribution in [3.05, 3.63) is 0 Å². The van der Waals surface area contributed by atoms with Crippen LogP contribution in [0.25, 0.3) is 0 Å². The summed E-state index contributed by atoms with van der Waals surface area (Å²) in [6.45, 7) is 18.2. The standard InChI is InChI=1S/C14H31N2O5P.C8H18N2O2/c1-6-19-22(18,20-7-2)12-11-15-9-8-10-16-13(17)21-14(3,4)5;1-8(2,3)12-7(11)10-6-4-5-9/h15H,6-12H2,1-5H3,(H,16,17);4-6,9H2,1-3H3,(H,10,11). The summed E-state index contributed by atoms with van der Waals surface area (Å²) in [5.41, 5.74) is 4.34. The Labute approximate surface area is 206 Å². The lowest BCUT2D eigenvalue weighted by molar-refractivity contribution is 0.0516. The lowest BCUT2D eigenvalue weighted by atomic mass is 10.2. The topological polar surface area (TPSA) is 150 Å². The maximum absolute atomic E-state index is 12.2. The van der Waals surface area contributed by atoms with E-state index in [2.05, 4.69) is 16.0 Å². The zero-order valence-corrected chi connectivity index (χ0v) is 23.3. The van der Waals surface area contributed by atoms with Gasteiger partial charge in [-0.25, -0.2) is 9.59 Å². The van der Waals surface area contributed by atoms with Gasteiger partial charge in [-0.05, 0) is 81.3 Å². The fourth-order valence-electron chi connectivity index (χ4n) is 2.23. The molecule has 0 rings (SSSR count). The first kappa shape index (κ1) is 34.8. The van der Waals surface area contributed by atoms with Crippen LogP contribution in [0.5, 0.6) is 0 Å². The molecule has 0 aromatic heterocycles. The number of alkyl carbamates (subject to hydrolysis) is 2. The Bertz CT molecular complexity index is 583. The van der Waals surface area contributed by atoms with Crippen molar-refractivity contribution < 1.29 is 32.7 Å². The first-order chi connectivity index (χ1) is 15.7. The monoisotopic (exact) mass is 512 g/mol. The van der Waals surface area contributed by atoms with Gasteiger partial charge in [-0.3, -0.25) is 4.57 Å². The first-order valence-electron chi connectivity index (χ1n) is 11.9. The number of rotatable bonds is 14. The van der Waals surface area contributed by atoms with Crippen LogP contribution >= 0.6 is 7.60 Å². The van der Waals surface area contributed by atoms with E-state index in [4.69, 9.17) is 24.3 Å². The van der Waals surface area contributed by atoms with Crippen molar-refractivity contribution in [3.8, 4) is 0 Å². The molecule has 0 bridgehead atoms. The summed E-state index contributed by atoms with van der Waals surface area (Å²) >= 11 is 0. The quantitative estimate of drug-likeness (QED) is 0.202. The molecular weight excluding hydrogens is 463 g/mol. The van der Waals surface area contributed by atoms with Crippen molar-refractivity contribution in [1.82, 2.24) is 16.0 Å². The van der Waals surface area contributed by atoms with Crippen LogP contribution in [0.2, 0.25) is 0 Å². The molecule has 0 fully saturated rings. The first-order valence-corrected chi connectivity index (χ1v) is 13.6. The van der Waals surface area contributed by atoms with E-state index < -0.39 is 24.9 Å². The van der Waals surface area contributed by atoms with Crippen molar-refractivity contribution in [2.75, 3.05) is 52.1 Å². The third kappa shape index (κ3) is 25.2. The second-order valence-corrected chi connectivity index (χ2v) is 11.5. The molecule has 0 aliphatic heterocycles. The van der Waals surface area contributed by atoms with Crippen LogP contribution in [0.15, 0.2) is 0 Å². The van der Waals surface area contributed by atoms with Gasteiger partial charge in [-0.1, -0.05) is 0 Å². The second-order valence-electron chi connectivity index (χ2n) is 9.27. The Balaban J connectivity index is 0. The summed E-state index contributed by atoms with van der Waals surface area (Å²) in [5, 5.41) is 8.44. The highest BCUT2D eigenvalue weighted by Gasteiger charge is 2.22. The third-order valence-corrected chi connectivity index (χ3v) is 5.54. The van der Waals surface area contributed by atoms with Gasteiger partial charge in [-0.15, -0.1) is 0 Å². The highest BCUT2D eigenvalue weighted by molar-refractivity contribution is 7.53. The van der Waals surface area contributed by atoms with Gasteiger partial charge in [-0.2, -0.15) is 0 Å². The maximum atomic E-state index is 12.2. The van der Waals surface area contributed by atoms with E-state index in [-0.39, 0.29) is 6.09 Å². The number of hydrogen-bond acceptors (Lipinski definition) is 9. The molecule has 2 amide bonds. The Kier molecular flexibility index (Phi) is 19.3. The van der Waals surface area contributed by atoms with Gasteiger partial charge < -0.3 is 40.2 Å². The fraction of sp³-hybridized carbons (Fsp3) is 0.909. The Morgan fingerprint density at radius 3 is 1.59 bits per heavy atom. The predicted molar refractivity (Wildman–Crippen MR) is 135 cm³/mol. The molecule has 0 aliphatic carbocycles. The van der Waals surface area contributed by atoms with Crippen LogP contribution in [-0.2, 0) is 23.1 Å². The van der Waals surface area contributed by atoms with Gasteiger partial charge in [0.1, 0.15) is 11.2 Å². The van der Waals surface area contributed by atoms with E-state index in [1.165, 1.54) is 0 Å². The molecule has 0 spiro atoms. The van der Waals surface area contributed by atoms with E-state index in [0.717, 1.165) is 12.8 Å². The lowest BCUT2D eigenvalue weighted by Gasteiger charge is -2.19. The summed E-state index contributed by atoms with van der Waals surface area (Å²) in [7, 11) is -2.97. The molecule has 204 valence electrons. The van der Waals surface area contributed by atoms with Crippen LogP contribution in [0.1, 0.15) is 68.2 Å². The van der Waals surface area contributed by atoms with Crippen molar-refractivity contribution in [2.24, 2.45) is 5.73 Å². The number of nitrogens with two attached hydrogens (primary N) is 1. The molecule has 0 aromatic rings.